The number of nitrogens with two attached hydrogens (primary N) is 1. The summed E-state index contributed by atoms with van der Waals surface area (Å²) in [7, 11) is -0.430. The van der Waals surface area contributed by atoms with Crippen LogP contribution >= 0.6 is 0 Å². The average Bonchev–Trinajstić information content (AvgIpc) is 2.73. The number of benzene rings is 1. The van der Waals surface area contributed by atoms with Crippen LogP contribution in [0, 0.1) is 0 Å². The van der Waals surface area contributed by atoms with Crippen LogP contribution in [0.5, 0.6) is 0 Å². The number of aromatic nitrogens is 1. The molecular formula is C20H28BN5O2. The van der Waals surface area contributed by atoms with Crippen molar-refractivity contribution in [3.05, 3.63) is 47.2 Å². The van der Waals surface area contributed by atoms with E-state index in [1.807, 2.05) is 12.9 Å². The number of ether oxygens (including phenoxy) is 1. The van der Waals surface area contributed by atoms with E-state index < -0.39 is 7.05 Å². The molecule has 0 atom stereocenters. The lowest BCUT2D eigenvalue weighted by Gasteiger charge is -2.31. The quantitative estimate of drug-likeness (QED) is 0.678. The van der Waals surface area contributed by atoms with Crippen molar-refractivity contribution in [1.29, 1.82) is 0 Å². The van der Waals surface area contributed by atoms with Gasteiger partial charge in [-0.3, -0.25) is 0 Å². The Morgan fingerprint density at radius 1 is 1.29 bits per heavy atom. The zero-order valence-corrected chi connectivity index (χ0v) is 16.4. The van der Waals surface area contributed by atoms with Gasteiger partial charge < -0.3 is 30.5 Å². The fourth-order valence-corrected chi connectivity index (χ4v) is 3.92. The molecular weight excluding hydrogens is 353 g/mol. The van der Waals surface area contributed by atoms with Crippen LogP contribution in [0.25, 0.3) is 0 Å². The van der Waals surface area contributed by atoms with Gasteiger partial charge in [-0.2, -0.15) is 0 Å². The number of rotatable bonds is 5. The van der Waals surface area contributed by atoms with E-state index in [1.165, 1.54) is 16.7 Å². The van der Waals surface area contributed by atoms with Gasteiger partial charge >= 0.3 is 7.05 Å². The van der Waals surface area contributed by atoms with E-state index in [-0.39, 0.29) is 0 Å². The molecule has 1 aromatic heterocycles. The minimum absolute atomic E-state index is 0.430. The minimum atomic E-state index is -0.430. The molecule has 0 aliphatic carbocycles. The van der Waals surface area contributed by atoms with Gasteiger partial charge in [0.05, 0.1) is 30.8 Å². The van der Waals surface area contributed by atoms with E-state index in [9.17, 15) is 5.02 Å². The summed E-state index contributed by atoms with van der Waals surface area (Å²) >= 11 is 0. The van der Waals surface area contributed by atoms with Crippen molar-refractivity contribution in [2.75, 3.05) is 48.8 Å². The number of hydrogen-bond acceptors (Lipinski definition) is 7. The molecule has 7 nitrogen and oxygen atoms in total. The summed E-state index contributed by atoms with van der Waals surface area (Å²) in [5, 5.41) is 13.5. The summed E-state index contributed by atoms with van der Waals surface area (Å²) < 4.78 is 5.43. The van der Waals surface area contributed by atoms with Gasteiger partial charge in [-0.25, -0.2) is 4.98 Å². The standard InChI is InChI=1S/C20H28BN5O2/c1-21(27)26-6-5-15-3-2-4-16(17(15)14-26)12-23-19-11-20(24-13-18(19)22)25-7-9-28-10-8-25/h2-4,11,13,27H,5-10,12,14,22H2,1H3,(H,23,24). The fourth-order valence-electron chi connectivity index (χ4n) is 3.92. The van der Waals surface area contributed by atoms with Crippen molar-refractivity contribution >= 4 is 24.2 Å². The summed E-state index contributed by atoms with van der Waals surface area (Å²) in [4.78, 5) is 8.81. The molecule has 4 N–H and O–H groups in total. The van der Waals surface area contributed by atoms with Crippen LogP contribution in [0.3, 0.4) is 0 Å². The molecule has 0 amide bonds. The highest BCUT2D eigenvalue weighted by atomic mass is 16.5. The summed E-state index contributed by atoms with van der Waals surface area (Å²) in [6, 6.07) is 8.48. The molecule has 0 saturated carbocycles. The third-order valence-corrected chi connectivity index (χ3v) is 5.65. The largest absolute Gasteiger partial charge is 0.437 e. The van der Waals surface area contributed by atoms with E-state index in [4.69, 9.17) is 10.5 Å². The van der Waals surface area contributed by atoms with Gasteiger partial charge in [-0.05, 0) is 36.5 Å². The second-order valence-corrected chi connectivity index (χ2v) is 7.49. The van der Waals surface area contributed by atoms with Gasteiger partial charge in [0.1, 0.15) is 5.82 Å². The minimum Gasteiger partial charge on any atom is -0.437 e. The van der Waals surface area contributed by atoms with Crippen LogP contribution in [0.15, 0.2) is 30.5 Å². The smallest absolute Gasteiger partial charge is 0.376 e. The molecule has 8 heteroatoms. The number of anilines is 3. The summed E-state index contributed by atoms with van der Waals surface area (Å²) in [6.45, 7) is 7.33. The first-order chi connectivity index (χ1) is 13.6. The lowest BCUT2D eigenvalue weighted by Crippen LogP contribution is -2.41. The molecule has 148 valence electrons. The van der Waals surface area contributed by atoms with Crippen molar-refractivity contribution < 1.29 is 9.76 Å². The predicted octanol–water partition coefficient (Wildman–Crippen LogP) is 1.58. The van der Waals surface area contributed by atoms with Crippen LogP contribution in [-0.2, 0) is 24.2 Å². The molecule has 0 radical (unpaired) electrons. The predicted molar refractivity (Wildman–Crippen MR) is 113 cm³/mol. The van der Waals surface area contributed by atoms with E-state index >= 15 is 0 Å². The van der Waals surface area contributed by atoms with E-state index in [1.54, 1.807) is 6.20 Å². The third-order valence-electron chi connectivity index (χ3n) is 5.65. The number of hydrogen-bond donors (Lipinski definition) is 3. The molecule has 1 aromatic carbocycles. The number of morpholine rings is 1. The SMILES string of the molecule is CB(O)N1CCc2cccc(CNc3cc(N4CCOCC4)ncc3N)c2C1. The summed E-state index contributed by atoms with van der Waals surface area (Å²) in [5.74, 6) is 0.926. The first-order valence-corrected chi connectivity index (χ1v) is 9.95. The van der Waals surface area contributed by atoms with Crippen molar-refractivity contribution in [3.8, 4) is 0 Å². The second-order valence-electron chi connectivity index (χ2n) is 7.49. The van der Waals surface area contributed by atoms with Gasteiger partial charge in [0, 0.05) is 32.2 Å². The number of nitrogens with zero attached hydrogens (tertiary/aromatic N) is 3. The highest BCUT2D eigenvalue weighted by molar-refractivity contribution is 6.45. The maximum Gasteiger partial charge on any atom is 0.376 e. The maximum absolute atomic E-state index is 9.97. The number of pyridine rings is 1. The van der Waals surface area contributed by atoms with E-state index in [0.29, 0.717) is 12.2 Å². The van der Waals surface area contributed by atoms with E-state index in [2.05, 4.69) is 38.2 Å². The van der Waals surface area contributed by atoms with Crippen LogP contribution < -0.4 is 16.0 Å². The Labute approximate surface area is 166 Å². The van der Waals surface area contributed by atoms with Crippen LogP contribution in [-0.4, -0.2) is 54.7 Å². The van der Waals surface area contributed by atoms with Gasteiger partial charge in [0.2, 0.25) is 0 Å². The molecule has 0 unspecified atom stereocenters. The molecule has 2 aliphatic heterocycles. The van der Waals surface area contributed by atoms with Crippen molar-refractivity contribution in [3.63, 3.8) is 0 Å². The van der Waals surface area contributed by atoms with Gasteiger partial charge in [0.15, 0.2) is 0 Å². The van der Waals surface area contributed by atoms with Crippen LogP contribution in [0.1, 0.15) is 16.7 Å². The van der Waals surface area contributed by atoms with E-state index in [0.717, 1.165) is 57.3 Å². The number of nitrogen functional groups attached to an aromatic ring is 1. The Morgan fingerprint density at radius 3 is 2.89 bits per heavy atom. The maximum atomic E-state index is 9.97. The lowest BCUT2D eigenvalue weighted by molar-refractivity contribution is 0.122. The molecule has 1 saturated heterocycles. The van der Waals surface area contributed by atoms with Gasteiger partial charge in [-0.15, -0.1) is 0 Å². The molecule has 0 spiro atoms. The number of fused-ring (bicyclic) bond motifs is 1. The molecule has 2 aromatic rings. The first-order valence-electron chi connectivity index (χ1n) is 9.95. The zero-order chi connectivity index (χ0) is 19.5. The normalized spacial score (nSPS) is 17.3. The fraction of sp³-hybridized carbons (Fsp3) is 0.450. The Hall–Kier alpha value is -2.29. The van der Waals surface area contributed by atoms with Gasteiger partial charge in [-0.1, -0.05) is 18.2 Å². The lowest BCUT2D eigenvalue weighted by atomic mass is 9.81. The molecule has 0 bridgehead atoms. The topological polar surface area (TPSA) is 86.9 Å². The average molecular weight is 381 g/mol. The Bertz CT molecular complexity index is 826. The van der Waals surface area contributed by atoms with Gasteiger partial charge in [0.25, 0.3) is 0 Å². The summed E-state index contributed by atoms with van der Waals surface area (Å²) in [6.07, 6.45) is 2.69. The van der Waals surface area contributed by atoms with Crippen LogP contribution in [0.2, 0.25) is 6.82 Å². The van der Waals surface area contributed by atoms with Crippen molar-refractivity contribution in [2.24, 2.45) is 0 Å². The highest BCUT2D eigenvalue weighted by Crippen LogP contribution is 2.27. The Balaban J connectivity index is 1.51. The Kier molecular flexibility index (Phi) is 5.70. The second kappa shape index (κ2) is 8.38. The molecule has 4 rings (SSSR count). The van der Waals surface area contributed by atoms with Crippen LogP contribution in [0.4, 0.5) is 17.2 Å². The summed E-state index contributed by atoms with van der Waals surface area (Å²) in [5.41, 5.74) is 11.6. The van der Waals surface area contributed by atoms with Crippen molar-refractivity contribution in [1.82, 2.24) is 9.79 Å². The highest BCUT2D eigenvalue weighted by Gasteiger charge is 2.23. The monoisotopic (exact) mass is 381 g/mol. The third kappa shape index (κ3) is 4.09. The molecule has 28 heavy (non-hydrogen) atoms. The Morgan fingerprint density at radius 2 is 2.11 bits per heavy atom. The first kappa shape index (κ1) is 19.0. The molecule has 2 aliphatic rings. The van der Waals surface area contributed by atoms with Crippen molar-refractivity contribution in [2.45, 2.75) is 26.3 Å². The number of nitrogens with one attached hydrogen (secondary N) is 1. The molecule has 3 heterocycles. The molecule has 1 fully saturated rings. The zero-order valence-electron chi connectivity index (χ0n) is 16.4.